The molecule has 3 rings (SSSR count). The van der Waals surface area contributed by atoms with Gasteiger partial charge in [-0.1, -0.05) is 16.8 Å². The molecule has 0 saturated heterocycles. The van der Waals surface area contributed by atoms with Gasteiger partial charge < -0.3 is 10.3 Å². The Labute approximate surface area is 110 Å². The highest BCUT2D eigenvalue weighted by atomic mass is 35.5. The molecule has 3 heterocycles. The van der Waals surface area contributed by atoms with E-state index in [0.717, 1.165) is 4.88 Å². The Kier molecular flexibility index (Phi) is 2.69. The molecule has 8 heteroatoms. The van der Waals surface area contributed by atoms with Gasteiger partial charge in [0.05, 0.1) is 10.6 Å². The van der Waals surface area contributed by atoms with Crippen LogP contribution in [-0.2, 0) is 0 Å². The first kappa shape index (κ1) is 11.1. The SMILES string of the molecule is Nc1ncncc1-c1noc(-c2sccc2Cl)n1. The lowest BCUT2D eigenvalue weighted by Gasteiger charge is -1.95. The molecule has 0 radical (unpaired) electrons. The van der Waals surface area contributed by atoms with Gasteiger partial charge in [0.1, 0.15) is 17.0 Å². The molecule has 3 aromatic rings. The normalized spacial score (nSPS) is 10.7. The summed E-state index contributed by atoms with van der Waals surface area (Å²) in [5.74, 6) is 0.996. The van der Waals surface area contributed by atoms with Crippen LogP contribution >= 0.6 is 22.9 Å². The van der Waals surface area contributed by atoms with Crippen molar-refractivity contribution in [1.29, 1.82) is 0 Å². The average molecular weight is 280 g/mol. The van der Waals surface area contributed by atoms with E-state index in [9.17, 15) is 0 Å². The molecule has 3 aromatic heterocycles. The standard InChI is InChI=1S/C10H6ClN5OS/c11-6-1-2-18-7(6)10-15-9(16-17-10)5-3-13-4-14-8(5)12/h1-4H,(H2,12,13,14). The molecule has 90 valence electrons. The predicted octanol–water partition coefficient (Wildman–Crippen LogP) is 2.49. The minimum atomic E-state index is 0.301. The van der Waals surface area contributed by atoms with Gasteiger partial charge in [-0.3, -0.25) is 0 Å². The third kappa shape index (κ3) is 1.83. The number of aromatic nitrogens is 4. The molecule has 0 aromatic carbocycles. The molecule has 18 heavy (non-hydrogen) atoms. The van der Waals surface area contributed by atoms with Crippen LogP contribution in [0, 0.1) is 0 Å². The lowest BCUT2D eigenvalue weighted by Crippen LogP contribution is -1.95. The number of thiophene rings is 1. The average Bonchev–Trinajstić information content (AvgIpc) is 2.98. The van der Waals surface area contributed by atoms with Crippen LogP contribution in [0.15, 0.2) is 28.5 Å². The first-order valence-electron chi connectivity index (χ1n) is 4.88. The van der Waals surface area contributed by atoms with Gasteiger partial charge in [-0.05, 0) is 11.4 Å². The molecule has 0 spiro atoms. The van der Waals surface area contributed by atoms with Gasteiger partial charge in [0.25, 0.3) is 5.89 Å². The third-order valence-electron chi connectivity index (χ3n) is 2.22. The monoisotopic (exact) mass is 279 g/mol. The van der Waals surface area contributed by atoms with Crippen LogP contribution < -0.4 is 5.73 Å². The number of anilines is 1. The number of nitrogen functional groups attached to an aromatic ring is 1. The minimum absolute atomic E-state index is 0.301. The Hall–Kier alpha value is -1.99. The fourth-order valence-electron chi connectivity index (χ4n) is 1.38. The second-order valence-electron chi connectivity index (χ2n) is 3.34. The highest BCUT2D eigenvalue weighted by molar-refractivity contribution is 7.14. The summed E-state index contributed by atoms with van der Waals surface area (Å²) in [4.78, 5) is 12.7. The summed E-state index contributed by atoms with van der Waals surface area (Å²) in [5, 5.41) is 6.27. The fraction of sp³-hybridized carbons (Fsp3) is 0. The van der Waals surface area contributed by atoms with Crippen molar-refractivity contribution < 1.29 is 4.52 Å². The van der Waals surface area contributed by atoms with Gasteiger partial charge in [-0.15, -0.1) is 11.3 Å². The second-order valence-corrected chi connectivity index (χ2v) is 4.67. The van der Waals surface area contributed by atoms with Crippen molar-refractivity contribution in [2.24, 2.45) is 0 Å². The summed E-state index contributed by atoms with van der Waals surface area (Å²) in [5.41, 5.74) is 6.24. The Bertz CT molecular complexity index is 695. The Balaban J connectivity index is 2.05. The first-order valence-corrected chi connectivity index (χ1v) is 6.14. The van der Waals surface area contributed by atoms with E-state index in [1.165, 1.54) is 23.9 Å². The van der Waals surface area contributed by atoms with Gasteiger partial charge in [0.15, 0.2) is 0 Å². The molecule has 0 aliphatic rings. The van der Waals surface area contributed by atoms with Crippen molar-refractivity contribution in [3.8, 4) is 22.2 Å². The summed E-state index contributed by atoms with van der Waals surface area (Å²) >= 11 is 7.42. The van der Waals surface area contributed by atoms with Gasteiger partial charge in [-0.25, -0.2) is 9.97 Å². The molecule has 0 aliphatic carbocycles. The topological polar surface area (TPSA) is 90.7 Å². The van der Waals surface area contributed by atoms with E-state index < -0.39 is 0 Å². The fourth-order valence-corrected chi connectivity index (χ4v) is 2.44. The third-order valence-corrected chi connectivity index (χ3v) is 3.55. The predicted molar refractivity (Wildman–Crippen MR) is 68.1 cm³/mol. The van der Waals surface area contributed by atoms with E-state index >= 15 is 0 Å². The van der Waals surface area contributed by atoms with Crippen molar-refractivity contribution in [2.75, 3.05) is 5.73 Å². The molecule has 0 unspecified atom stereocenters. The number of halogens is 1. The van der Waals surface area contributed by atoms with Gasteiger partial charge in [0.2, 0.25) is 5.82 Å². The Morgan fingerprint density at radius 1 is 1.39 bits per heavy atom. The maximum atomic E-state index is 5.99. The molecule has 6 nitrogen and oxygen atoms in total. The largest absolute Gasteiger partial charge is 0.383 e. The molecule has 0 aliphatic heterocycles. The molecule has 0 saturated carbocycles. The van der Waals surface area contributed by atoms with Crippen LogP contribution in [0.5, 0.6) is 0 Å². The van der Waals surface area contributed by atoms with Crippen LogP contribution in [0.25, 0.3) is 22.2 Å². The van der Waals surface area contributed by atoms with E-state index in [1.807, 2.05) is 5.38 Å². The quantitative estimate of drug-likeness (QED) is 0.775. The zero-order valence-corrected chi connectivity index (χ0v) is 10.4. The molecule has 0 amide bonds. The van der Waals surface area contributed by atoms with E-state index in [-0.39, 0.29) is 0 Å². The van der Waals surface area contributed by atoms with Gasteiger partial charge in [0, 0.05) is 6.20 Å². The van der Waals surface area contributed by atoms with Crippen LogP contribution in [-0.4, -0.2) is 20.1 Å². The summed E-state index contributed by atoms with van der Waals surface area (Å²) in [6.45, 7) is 0. The van der Waals surface area contributed by atoms with Crippen molar-refractivity contribution in [3.63, 3.8) is 0 Å². The van der Waals surface area contributed by atoms with Crippen molar-refractivity contribution in [1.82, 2.24) is 20.1 Å². The van der Waals surface area contributed by atoms with E-state index in [1.54, 1.807) is 6.07 Å². The highest BCUT2D eigenvalue weighted by Crippen LogP contribution is 2.33. The summed E-state index contributed by atoms with van der Waals surface area (Å²) in [6, 6.07) is 1.77. The number of hydrogen-bond acceptors (Lipinski definition) is 7. The van der Waals surface area contributed by atoms with Crippen LogP contribution in [0.4, 0.5) is 5.82 Å². The second kappa shape index (κ2) is 4.35. The maximum absolute atomic E-state index is 5.99. The van der Waals surface area contributed by atoms with Crippen LogP contribution in [0.1, 0.15) is 0 Å². The molecule has 0 atom stereocenters. The highest BCUT2D eigenvalue weighted by Gasteiger charge is 2.16. The van der Waals surface area contributed by atoms with E-state index in [0.29, 0.717) is 28.1 Å². The molecule has 2 N–H and O–H groups in total. The van der Waals surface area contributed by atoms with Crippen LogP contribution in [0.2, 0.25) is 5.02 Å². The minimum Gasteiger partial charge on any atom is -0.383 e. The number of nitrogens with two attached hydrogens (primary N) is 1. The van der Waals surface area contributed by atoms with Crippen molar-refractivity contribution in [2.45, 2.75) is 0 Å². The summed E-state index contributed by atoms with van der Waals surface area (Å²) < 4.78 is 5.15. The van der Waals surface area contributed by atoms with Gasteiger partial charge >= 0.3 is 0 Å². The van der Waals surface area contributed by atoms with E-state index in [4.69, 9.17) is 21.9 Å². The Morgan fingerprint density at radius 3 is 3.00 bits per heavy atom. The first-order chi connectivity index (χ1) is 8.75. The lowest BCUT2D eigenvalue weighted by atomic mass is 10.3. The molecular formula is C10H6ClN5OS. The maximum Gasteiger partial charge on any atom is 0.269 e. The number of nitrogens with zero attached hydrogens (tertiary/aromatic N) is 4. The molecule has 0 bridgehead atoms. The summed E-state index contributed by atoms with van der Waals surface area (Å²) in [7, 11) is 0. The van der Waals surface area contributed by atoms with E-state index in [2.05, 4.69) is 20.1 Å². The zero-order valence-electron chi connectivity index (χ0n) is 8.87. The van der Waals surface area contributed by atoms with Crippen LogP contribution in [0.3, 0.4) is 0 Å². The lowest BCUT2D eigenvalue weighted by molar-refractivity contribution is 0.433. The molecular weight excluding hydrogens is 274 g/mol. The zero-order chi connectivity index (χ0) is 12.5. The smallest absolute Gasteiger partial charge is 0.269 e. The Morgan fingerprint density at radius 2 is 2.28 bits per heavy atom. The van der Waals surface area contributed by atoms with Crippen molar-refractivity contribution >= 4 is 28.8 Å². The number of hydrogen-bond donors (Lipinski definition) is 1. The van der Waals surface area contributed by atoms with Gasteiger partial charge in [-0.2, -0.15) is 4.98 Å². The number of rotatable bonds is 2. The van der Waals surface area contributed by atoms with Crippen molar-refractivity contribution in [3.05, 3.63) is 29.0 Å². The summed E-state index contributed by atoms with van der Waals surface area (Å²) in [6.07, 6.45) is 2.89. The molecule has 0 fully saturated rings.